The van der Waals surface area contributed by atoms with Gasteiger partial charge in [-0.2, -0.15) is 0 Å². The second-order valence-electron chi connectivity index (χ2n) is 4.96. The number of carbonyl (C=O) groups excluding carboxylic acids is 1. The lowest BCUT2D eigenvalue weighted by Crippen LogP contribution is -2.51. The van der Waals surface area contributed by atoms with Crippen molar-refractivity contribution < 1.29 is 14.7 Å². The lowest BCUT2D eigenvalue weighted by Gasteiger charge is -2.31. The van der Waals surface area contributed by atoms with Crippen LogP contribution in [0.1, 0.15) is 13.3 Å². The van der Waals surface area contributed by atoms with Gasteiger partial charge < -0.3 is 14.9 Å². The third-order valence-electron chi connectivity index (χ3n) is 3.16. The molecular formula is C12H23N3O3S. The molecule has 0 aromatic carbocycles. The number of urea groups is 1. The summed E-state index contributed by atoms with van der Waals surface area (Å²) in [6.07, 6.45) is 0.766. The first-order valence-corrected chi connectivity index (χ1v) is 7.45. The molecule has 1 N–H and O–H groups in total. The number of amides is 2. The molecule has 0 aromatic heterocycles. The quantitative estimate of drug-likeness (QED) is 0.812. The first-order valence-electron chi connectivity index (χ1n) is 6.41. The molecule has 110 valence electrons. The Balaban J connectivity index is 2.72. The maximum absolute atomic E-state index is 12.4. The molecule has 1 heterocycles. The van der Waals surface area contributed by atoms with Crippen molar-refractivity contribution in [2.24, 2.45) is 0 Å². The van der Waals surface area contributed by atoms with E-state index in [1.54, 1.807) is 23.7 Å². The van der Waals surface area contributed by atoms with Crippen LogP contribution in [0.25, 0.3) is 0 Å². The number of hydrogen-bond donors (Lipinski definition) is 1. The molecule has 0 bridgehead atoms. The molecule has 0 aromatic rings. The summed E-state index contributed by atoms with van der Waals surface area (Å²) >= 11 is 1.54. The highest BCUT2D eigenvalue weighted by Gasteiger charge is 2.41. The predicted octanol–water partition coefficient (Wildman–Crippen LogP) is 0.838. The highest BCUT2D eigenvalue weighted by Crippen LogP contribution is 2.32. The summed E-state index contributed by atoms with van der Waals surface area (Å²) in [6.45, 7) is 3.33. The van der Waals surface area contributed by atoms with Gasteiger partial charge in [-0.05, 0) is 20.5 Å². The van der Waals surface area contributed by atoms with Gasteiger partial charge in [-0.3, -0.25) is 4.90 Å². The number of carboxylic acids is 1. The second kappa shape index (κ2) is 7.00. The minimum atomic E-state index is -0.919. The molecule has 1 aliphatic heterocycles. The highest BCUT2D eigenvalue weighted by molar-refractivity contribution is 8.00. The summed E-state index contributed by atoms with van der Waals surface area (Å²) in [7, 11) is 5.61. The number of rotatable bonds is 5. The number of nitrogens with zero attached hydrogens (tertiary/aromatic N) is 3. The van der Waals surface area contributed by atoms with E-state index in [0.29, 0.717) is 12.3 Å². The van der Waals surface area contributed by atoms with Crippen molar-refractivity contribution in [2.75, 3.05) is 40.0 Å². The average Bonchev–Trinajstić information content (AvgIpc) is 2.78. The van der Waals surface area contributed by atoms with E-state index in [-0.39, 0.29) is 11.4 Å². The molecule has 6 nitrogen and oxygen atoms in total. The van der Waals surface area contributed by atoms with Crippen LogP contribution in [0.3, 0.4) is 0 Å². The molecule has 2 unspecified atom stereocenters. The minimum Gasteiger partial charge on any atom is -0.480 e. The molecule has 1 fully saturated rings. The monoisotopic (exact) mass is 289 g/mol. The van der Waals surface area contributed by atoms with Crippen LogP contribution in [0.2, 0.25) is 0 Å². The molecule has 0 spiro atoms. The van der Waals surface area contributed by atoms with E-state index in [0.717, 1.165) is 13.0 Å². The molecule has 2 atom stereocenters. The van der Waals surface area contributed by atoms with E-state index in [9.17, 15) is 14.7 Å². The second-order valence-corrected chi connectivity index (χ2v) is 6.18. The molecule has 1 aliphatic rings. The number of hydrogen-bond acceptors (Lipinski definition) is 4. The SMILES string of the molecule is CCC1SCC(C(=O)O)N1C(=O)N(C)CCN(C)C. The zero-order valence-electron chi connectivity index (χ0n) is 12.0. The van der Waals surface area contributed by atoms with Crippen molar-refractivity contribution in [3.05, 3.63) is 0 Å². The molecule has 2 amide bonds. The first kappa shape index (κ1) is 16.1. The number of aliphatic carboxylic acids is 1. The Bertz CT molecular complexity index is 338. The van der Waals surface area contributed by atoms with Gasteiger partial charge in [-0.25, -0.2) is 9.59 Å². The van der Waals surface area contributed by atoms with E-state index in [1.165, 1.54) is 4.90 Å². The Kier molecular flexibility index (Phi) is 5.93. The summed E-state index contributed by atoms with van der Waals surface area (Å²) in [6, 6.07) is -0.893. The zero-order chi connectivity index (χ0) is 14.6. The van der Waals surface area contributed by atoms with Crippen LogP contribution in [-0.4, -0.2) is 83.2 Å². The number of carboxylic acid groups (broad SMARTS) is 1. The number of likely N-dealkylation sites (N-methyl/N-ethyl adjacent to an activating group) is 2. The fourth-order valence-electron chi connectivity index (χ4n) is 1.97. The average molecular weight is 289 g/mol. The van der Waals surface area contributed by atoms with Gasteiger partial charge in [0, 0.05) is 25.9 Å². The molecule has 0 saturated carbocycles. The van der Waals surface area contributed by atoms with Crippen molar-refractivity contribution in [2.45, 2.75) is 24.8 Å². The van der Waals surface area contributed by atoms with E-state index in [2.05, 4.69) is 0 Å². The fraction of sp³-hybridized carbons (Fsp3) is 0.833. The van der Waals surface area contributed by atoms with Gasteiger partial charge in [0.2, 0.25) is 0 Å². The third-order valence-corrected chi connectivity index (χ3v) is 4.61. The largest absolute Gasteiger partial charge is 0.480 e. The molecule has 7 heteroatoms. The van der Waals surface area contributed by atoms with Crippen molar-refractivity contribution in [3.8, 4) is 0 Å². The summed E-state index contributed by atoms with van der Waals surface area (Å²) < 4.78 is 0. The summed E-state index contributed by atoms with van der Waals surface area (Å²) in [4.78, 5) is 28.7. The van der Waals surface area contributed by atoms with Crippen LogP contribution in [0.4, 0.5) is 4.79 Å². The van der Waals surface area contributed by atoms with Crippen LogP contribution < -0.4 is 0 Å². The van der Waals surface area contributed by atoms with Gasteiger partial charge in [0.05, 0.1) is 5.37 Å². The van der Waals surface area contributed by atoms with Crippen LogP contribution in [0, 0.1) is 0 Å². The third kappa shape index (κ3) is 4.01. The van der Waals surface area contributed by atoms with Crippen molar-refractivity contribution in [1.29, 1.82) is 0 Å². The molecule has 1 saturated heterocycles. The smallest absolute Gasteiger partial charge is 0.327 e. The van der Waals surface area contributed by atoms with Crippen LogP contribution in [-0.2, 0) is 4.79 Å². The summed E-state index contributed by atoms with van der Waals surface area (Å²) in [5.74, 6) is -0.445. The topological polar surface area (TPSA) is 64.1 Å². The predicted molar refractivity (Wildman–Crippen MR) is 76.4 cm³/mol. The van der Waals surface area contributed by atoms with Crippen LogP contribution in [0.5, 0.6) is 0 Å². The van der Waals surface area contributed by atoms with Crippen LogP contribution in [0.15, 0.2) is 0 Å². The minimum absolute atomic E-state index is 0.0320. The lowest BCUT2D eigenvalue weighted by atomic mass is 10.2. The zero-order valence-corrected chi connectivity index (χ0v) is 12.8. The Morgan fingerprint density at radius 3 is 2.42 bits per heavy atom. The number of carbonyl (C=O) groups is 2. The molecule has 1 rings (SSSR count). The van der Waals surface area contributed by atoms with Gasteiger partial charge in [0.25, 0.3) is 0 Å². The fourth-order valence-corrected chi connectivity index (χ4v) is 3.31. The van der Waals surface area contributed by atoms with Crippen molar-refractivity contribution >= 4 is 23.8 Å². The van der Waals surface area contributed by atoms with Crippen molar-refractivity contribution in [3.63, 3.8) is 0 Å². The van der Waals surface area contributed by atoms with Crippen LogP contribution >= 0.6 is 11.8 Å². The molecular weight excluding hydrogens is 266 g/mol. The normalized spacial score (nSPS) is 22.9. The Hall–Kier alpha value is -0.950. The van der Waals surface area contributed by atoms with E-state index in [1.807, 2.05) is 25.9 Å². The summed E-state index contributed by atoms with van der Waals surface area (Å²) in [5, 5.41) is 9.18. The van der Waals surface area contributed by atoms with Gasteiger partial charge >= 0.3 is 12.0 Å². The first-order chi connectivity index (χ1) is 8.88. The maximum Gasteiger partial charge on any atom is 0.327 e. The van der Waals surface area contributed by atoms with Gasteiger partial charge in [0.15, 0.2) is 0 Å². The Labute approximate surface area is 118 Å². The summed E-state index contributed by atoms with van der Waals surface area (Å²) in [5.41, 5.74) is 0. The van der Waals surface area contributed by atoms with Gasteiger partial charge in [-0.15, -0.1) is 11.8 Å². The number of thioether (sulfide) groups is 1. The van der Waals surface area contributed by atoms with E-state index >= 15 is 0 Å². The molecule has 0 aliphatic carbocycles. The van der Waals surface area contributed by atoms with Gasteiger partial charge in [-0.1, -0.05) is 6.92 Å². The maximum atomic E-state index is 12.4. The van der Waals surface area contributed by atoms with E-state index in [4.69, 9.17) is 0 Å². The molecule has 0 radical (unpaired) electrons. The lowest BCUT2D eigenvalue weighted by molar-refractivity contribution is -0.141. The van der Waals surface area contributed by atoms with Gasteiger partial charge in [0.1, 0.15) is 6.04 Å². The molecule has 19 heavy (non-hydrogen) atoms. The standard InChI is InChI=1S/C12H23N3O3S/c1-5-10-15(9(8-19-10)11(16)17)12(18)14(4)7-6-13(2)3/h9-10H,5-8H2,1-4H3,(H,16,17). The highest BCUT2D eigenvalue weighted by atomic mass is 32.2. The van der Waals surface area contributed by atoms with Crippen molar-refractivity contribution in [1.82, 2.24) is 14.7 Å². The Morgan fingerprint density at radius 1 is 1.32 bits per heavy atom. The Morgan fingerprint density at radius 2 is 1.95 bits per heavy atom. The van der Waals surface area contributed by atoms with E-state index < -0.39 is 12.0 Å².